The summed E-state index contributed by atoms with van der Waals surface area (Å²) in [5.74, 6) is -0.533. The highest BCUT2D eigenvalue weighted by molar-refractivity contribution is 6.36. The lowest BCUT2D eigenvalue weighted by Gasteiger charge is -2.20. The number of halogens is 2. The number of amides is 2. The summed E-state index contributed by atoms with van der Waals surface area (Å²) >= 11 is 12.0. The zero-order chi connectivity index (χ0) is 26.4. The number of nitro benzene ring substituents is 1. The fourth-order valence-corrected chi connectivity index (χ4v) is 3.72. The van der Waals surface area contributed by atoms with Crippen LogP contribution in [-0.4, -0.2) is 36.1 Å². The molecule has 12 heteroatoms. The molecule has 1 aromatic heterocycles. The van der Waals surface area contributed by atoms with Gasteiger partial charge < -0.3 is 14.5 Å². The number of nitrogens with one attached hydrogen (secondary N) is 2. The van der Waals surface area contributed by atoms with Crippen molar-refractivity contribution in [1.82, 2.24) is 10.7 Å². The van der Waals surface area contributed by atoms with Gasteiger partial charge in [0.1, 0.15) is 23.3 Å². The van der Waals surface area contributed by atoms with E-state index in [0.29, 0.717) is 10.8 Å². The Morgan fingerprint density at radius 2 is 1.89 bits per heavy atom. The normalized spacial score (nSPS) is 11.9. The van der Waals surface area contributed by atoms with E-state index < -0.39 is 22.8 Å². The topological polar surface area (TPSA) is 136 Å². The molecule has 0 fully saturated rings. The summed E-state index contributed by atoms with van der Waals surface area (Å²) < 4.78 is 10.7. The average Bonchev–Trinajstić information content (AvgIpc) is 3.30. The van der Waals surface area contributed by atoms with Crippen molar-refractivity contribution in [2.45, 2.75) is 19.9 Å². The maximum atomic E-state index is 12.7. The first-order valence-electron chi connectivity index (χ1n) is 10.6. The third-order valence-corrected chi connectivity index (χ3v) is 5.62. The second-order valence-electron chi connectivity index (χ2n) is 7.90. The first-order valence-corrected chi connectivity index (χ1v) is 11.4. The van der Waals surface area contributed by atoms with Gasteiger partial charge in [-0.3, -0.25) is 19.7 Å². The molecular weight excluding hydrogens is 511 g/mol. The van der Waals surface area contributed by atoms with Crippen molar-refractivity contribution in [1.29, 1.82) is 0 Å². The van der Waals surface area contributed by atoms with E-state index in [2.05, 4.69) is 15.8 Å². The lowest BCUT2D eigenvalue weighted by atomic mass is 10.0. The van der Waals surface area contributed by atoms with Crippen LogP contribution >= 0.6 is 23.2 Å². The monoisotopic (exact) mass is 532 g/mol. The molecule has 0 aliphatic carbocycles. The third-order valence-electron chi connectivity index (χ3n) is 5.07. The second kappa shape index (κ2) is 11.7. The minimum atomic E-state index is -0.907. The lowest BCUT2D eigenvalue weighted by molar-refractivity contribution is -0.384. The maximum absolute atomic E-state index is 12.7. The van der Waals surface area contributed by atoms with Gasteiger partial charge >= 0.3 is 0 Å². The number of rotatable bonds is 9. The molecule has 1 unspecified atom stereocenters. The standard InChI is InChI=1S/C24H22Cl2N4O6/c1-13(2)22(28-23(31)17-7-4-14(25)10-19(17)26)24(32)29-27-12-16-6-9-21(36-16)18-8-5-15(35-3)11-20(18)30(33)34/h4-13,22H,1-3H3,(H,28,31)(H,29,32)/b27-12-. The van der Waals surface area contributed by atoms with Gasteiger partial charge in [0.05, 0.1) is 40.5 Å². The van der Waals surface area contributed by atoms with Crippen molar-refractivity contribution in [3.63, 3.8) is 0 Å². The average molecular weight is 533 g/mol. The molecule has 2 amide bonds. The van der Waals surface area contributed by atoms with Crippen molar-refractivity contribution in [2.24, 2.45) is 11.0 Å². The van der Waals surface area contributed by atoms with E-state index >= 15 is 0 Å². The van der Waals surface area contributed by atoms with Crippen molar-refractivity contribution < 1.29 is 23.7 Å². The molecule has 36 heavy (non-hydrogen) atoms. The Balaban J connectivity index is 1.69. The number of hydrogen-bond donors (Lipinski definition) is 2. The van der Waals surface area contributed by atoms with Crippen molar-refractivity contribution >= 4 is 46.9 Å². The number of ether oxygens (including phenoxy) is 1. The minimum Gasteiger partial charge on any atom is -0.497 e. The Hall–Kier alpha value is -3.89. The van der Waals surface area contributed by atoms with Crippen LogP contribution in [0.2, 0.25) is 10.0 Å². The highest BCUT2D eigenvalue weighted by Gasteiger charge is 2.25. The molecule has 0 aliphatic heterocycles. The molecule has 188 valence electrons. The summed E-state index contributed by atoms with van der Waals surface area (Å²) in [5, 5.41) is 18.5. The molecule has 0 saturated heterocycles. The highest BCUT2D eigenvalue weighted by Crippen LogP contribution is 2.34. The predicted octanol–water partition coefficient (Wildman–Crippen LogP) is 5.07. The van der Waals surface area contributed by atoms with Gasteiger partial charge in [-0.15, -0.1) is 0 Å². The fourth-order valence-electron chi connectivity index (χ4n) is 3.22. The number of nitrogens with zero attached hydrogens (tertiary/aromatic N) is 2. The largest absolute Gasteiger partial charge is 0.497 e. The van der Waals surface area contributed by atoms with Crippen LogP contribution in [0.1, 0.15) is 30.0 Å². The minimum absolute atomic E-state index is 0.159. The Morgan fingerprint density at radius 1 is 1.14 bits per heavy atom. The lowest BCUT2D eigenvalue weighted by Crippen LogP contribution is -2.48. The van der Waals surface area contributed by atoms with Gasteiger partial charge in [0.15, 0.2) is 0 Å². The number of carbonyl (C=O) groups is 2. The maximum Gasteiger partial charge on any atom is 0.284 e. The second-order valence-corrected chi connectivity index (χ2v) is 8.74. The van der Waals surface area contributed by atoms with E-state index in [9.17, 15) is 19.7 Å². The van der Waals surface area contributed by atoms with Crippen molar-refractivity contribution in [3.8, 4) is 17.1 Å². The van der Waals surface area contributed by atoms with E-state index in [1.165, 1.54) is 43.7 Å². The third kappa shape index (κ3) is 6.41. The Kier molecular flexibility index (Phi) is 8.68. The summed E-state index contributed by atoms with van der Waals surface area (Å²) in [6.07, 6.45) is 1.24. The number of furan rings is 1. The molecule has 2 N–H and O–H groups in total. The predicted molar refractivity (Wildman–Crippen MR) is 136 cm³/mol. The summed E-state index contributed by atoms with van der Waals surface area (Å²) in [6.45, 7) is 3.52. The molecule has 0 spiro atoms. The molecule has 0 saturated carbocycles. The van der Waals surface area contributed by atoms with Crippen LogP contribution in [0.5, 0.6) is 5.75 Å². The SMILES string of the molecule is COc1ccc(-c2ccc(/C=N\NC(=O)C(NC(=O)c3ccc(Cl)cc3Cl)C(C)C)o2)c([N+](=O)[O-])c1. The van der Waals surface area contributed by atoms with E-state index in [1.807, 2.05) is 0 Å². The Morgan fingerprint density at radius 3 is 2.53 bits per heavy atom. The van der Waals surface area contributed by atoms with E-state index in [1.54, 1.807) is 32.0 Å². The first-order chi connectivity index (χ1) is 17.1. The fraction of sp³-hybridized carbons (Fsp3) is 0.208. The first kappa shape index (κ1) is 26.7. The molecule has 2 aromatic carbocycles. The Bertz CT molecular complexity index is 1320. The van der Waals surface area contributed by atoms with E-state index in [0.717, 1.165) is 0 Å². The summed E-state index contributed by atoms with van der Waals surface area (Å²) in [4.78, 5) is 36.2. The smallest absolute Gasteiger partial charge is 0.284 e. The van der Waals surface area contributed by atoms with E-state index in [-0.39, 0.29) is 39.3 Å². The zero-order valence-electron chi connectivity index (χ0n) is 19.5. The molecule has 1 heterocycles. The molecule has 1 atom stereocenters. The van der Waals surface area contributed by atoms with Gasteiger partial charge in [-0.2, -0.15) is 5.10 Å². The summed E-state index contributed by atoms with van der Waals surface area (Å²) in [7, 11) is 1.41. The van der Waals surface area contributed by atoms with Crippen molar-refractivity contribution in [2.75, 3.05) is 7.11 Å². The van der Waals surface area contributed by atoms with Gasteiger partial charge in [-0.25, -0.2) is 5.43 Å². The van der Waals surface area contributed by atoms with Crippen LogP contribution in [-0.2, 0) is 4.79 Å². The van der Waals surface area contributed by atoms with Crippen LogP contribution in [0, 0.1) is 16.0 Å². The molecule has 10 nitrogen and oxygen atoms in total. The highest BCUT2D eigenvalue weighted by atomic mass is 35.5. The van der Waals surface area contributed by atoms with Gasteiger partial charge in [0, 0.05) is 5.02 Å². The van der Waals surface area contributed by atoms with Gasteiger partial charge in [0.2, 0.25) is 0 Å². The van der Waals surface area contributed by atoms with Crippen LogP contribution in [0.25, 0.3) is 11.3 Å². The van der Waals surface area contributed by atoms with Gasteiger partial charge in [-0.05, 0) is 48.4 Å². The number of benzene rings is 2. The summed E-state index contributed by atoms with van der Waals surface area (Å²) in [5.41, 5.74) is 2.62. The van der Waals surface area contributed by atoms with Crippen LogP contribution in [0.4, 0.5) is 5.69 Å². The molecule has 0 radical (unpaired) electrons. The van der Waals surface area contributed by atoms with Crippen LogP contribution < -0.4 is 15.5 Å². The quantitative estimate of drug-likeness (QED) is 0.224. The zero-order valence-corrected chi connectivity index (χ0v) is 21.0. The van der Waals surface area contributed by atoms with Crippen LogP contribution in [0.15, 0.2) is 58.0 Å². The van der Waals surface area contributed by atoms with Crippen LogP contribution in [0.3, 0.4) is 0 Å². The number of methoxy groups -OCH3 is 1. The van der Waals surface area contributed by atoms with E-state index in [4.69, 9.17) is 32.4 Å². The molecule has 3 rings (SSSR count). The Labute approximate surface area is 216 Å². The molecule has 0 aliphatic rings. The molecule has 3 aromatic rings. The molecule has 0 bridgehead atoms. The number of nitro groups is 1. The number of hydrogen-bond acceptors (Lipinski definition) is 7. The van der Waals surface area contributed by atoms with Gasteiger partial charge in [0.25, 0.3) is 17.5 Å². The number of carbonyl (C=O) groups excluding carboxylic acids is 2. The summed E-state index contributed by atoms with van der Waals surface area (Å²) in [6, 6.07) is 11.0. The molecular formula is C24H22Cl2N4O6. The number of hydrazone groups is 1. The van der Waals surface area contributed by atoms with Gasteiger partial charge in [-0.1, -0.05) is 37.0 Å². The van der Waals surface area contributed by atoms with Crippen molar-refractivity contribution in [3.05, 3.63) is 80.0 Å².